The fourth-order valence-corrected chi connectivity index (χ4v) is 2.44. The molecule has 0 spiro atoms. The number of nitrogens with one attached hydrogen (secondary N) is 1. The van der Waals surface area contributed by atoms with Crippen LogP contribution in [0.3, 0.4) is 0 Å². The summed E-state index contributed by atoms with van der Waals surface area (Å²) in [6, 6.07) is 14.0. The maximum atomic E-state index is 12.1. The fraction of sp³-hybridized carbons (Fsp3) is 0.316. The predicted molar refractivity (Wildman–Crippen MR) is 89.1 cm³/mol. The monoisotopic (exact) mass is 297 g/mol. The second-order valence-electron chi connectivity index (χ2n) is 5.70. The summed E-state index contributed by atoms with van der Waals surface area (Å²) in [5.41, 5.74) is 4.45. The lowest BCUT2D eigenvalue weighted by Crippen LogP contribution is -2.31. The minimum atomic E-state index is -0.114. The van der Waals surface area contributed by atoms with Gasteiger partial charge in [0.2, 0.25) is 0 Å². The number of carbonyl (C=O) groups excluding carboxylic acids is 1. The van der Waals surface area contributed by atoms with E-state index < -0.39 is 0 Å². The lowest BCUT2D eigenvalue weighted by Gasteiger charge is -2.17. The van der Waals surface area contributed by atoms with E-state index in [2.05, 4.69) is 5.32 Å². The van der Waals surface area contributed by atoms with Crippen LogP contribution < -0.4 is 10.1 Å². The van der Waals surface area contributed by atoms with Crippen LogP contribution in [0, 0.1) is 20.8 Å². The van der Waals surface area contributed by atoms with E-state index in [1.807, 2.05) is 70.2 Å². The number of ether oxygens (including phenoxy) is 1. The van der Waals surface area contributed by atoms with E-state index in [0.29, 0.717) is 0 Å². The second-order valence-corrected chi connectivity index (χ2v) is 5.70. The number of carbonyl (C=O) groups is 1. The number of rotatable bonds is 5. The van der Waals surface area contributed by atoms with Crippen LogP contribution in [-0.2, 0) is 4.79 Å². The number of hydrogen-bond acceptors (Lipinski definition) is 2. The van der Waals surface area contributed by atoms with Crippen LogP contribution >= 0.6 is 0 Å². The van der Waals surface area contributed by atoms with Crippen LogP contribution in [0.4, 0.5) is 0 Å². The smallest absolute Gasteiger partial charge is 0.258 e. The fourth-order valence-electron chi connectivity index (χ4n) is 2.44. The number of aryl methyl sites for hydroxylation is 3. The Morgan fingerprint density at radius 1 is 1.09 bits per heavy atom. The van der Waals surface area contributed by atoms with Crippen molar-refractivity contribution in [2.75, 3.05) is 6.61 Å². The summed E-state index contributed by atoms with van der Waals surface area (Å²) in [5.74, 6) is 0.648. The van der Waals surface area contributed by atoms with E-state index in [9.17, 15) is 4.79 Å². The van der Waals surface area contributed by atoms with Crippen LogP contribution in [0.15, 0.2) is 42.5 Å². The Kier molecular flexibility index (Phi) is 5.21. The van der Waals surface area contributed by atoms with Gasteiger partial charge in [-0.25, -0.2) is 0 Å². The van der Waals surface area contributed by atoms with E-state index in [-0.39, 0.29) is 18.6 Å². The zero-order valence-corrected chi connectivity index (χ0v) is 13.6. The third-order valence-corrected chi connectivity index (χ3v) is 3.73. The average molecular weight is 297 g/mol. The first kappa shape index (κ1) is 16.1. The van der Waals surface area contributed by atoms with Crippen LogP contribution in [0.2, 0.25) is 0 Å². The molecule has 0 bridgehead atoms. The molecule has 2 rings (SSSR count). The summed E-state index contributed by atoms with van der Waals surface area (Å²) in [5, 5.41) is 2.98. The topological polar surface area (TPSA) is 38.3 Å². The number of hydrogen-bond donors (Lipinski definition) is 1. The summed E-state index contributed by atoms with van der Waals surface area (Å²) >= 11 is 0. The SMILES string of the molecule is Cc1ccc(C)c(OCC(=O)NC(C)c2ccccc2C)c1. The molecule has 1 atom stereocenters. The molecule has 0 aliphatic rings. The van der Waals surface area contributed by atoms with Crippen molar-refractivity contribution >= 4 is 5.91 Å². The van der Waals surface area contributed by atoms with E-state index in [0.717, 1.165) is 22.4 Å². The van der Waals surface area contributed by atoms with Gasteiger partial charge in [0.1, 0.15) is 5.75 Å². The van der Waals surface area contributed by atoms with Crippen molar-refractivity contribution < 1.29 is 9.53 Å². The van der Waals surface area contributed by atoms with Crippen LogP contribution in [0.25, 0.3) is 0 Å². The van der Waals surface area contributed by atoms with Gasteiger partial charge < -0.3 is 10.1 Å². The first-order valence-corrected chi connectivity index (χ1v) is 7.52. The highest BCUT2D eigenvalue weighted by atomic mass is 16.5. The van der Waals surface area contributed by atoms with Crippen LogP contribution in [0.1, 0.15) is 35.2 Å². The third kappa shape index (κ3) is 4.10. The Labute approximate surface area is 132 Å². The Morgan fingerprint density at radius 2 is 1.82 bits per heavy atom. The molecule has 116 valence electrons. The van der Waals surface area contributed by atoms with Crippen molar-refractivity contribution in [2.24, 2.45) is 0 Å². The number of amides is 1. The van der Waals surface area contributed by atoms with E-state index in [4.69, 9.17) is 4.74 Å². The lowest BCUT2D eigenvalue weighted by atomic mass is 10.0. The zero-order valence-electron chi connectivity index (χ0n) is 13.6. The standard InChI is InChI=1S/C19H23NO2/c1-13-9-10-15(3)18(11-13)22-12-19(21)20-16(4)17-8-6-5-7-14(17)2/h5-11,16H,12H2,1-4H3,(H,20,21). The van der Waals surface area contributed by atoms with Gasteiger partial charge in [0, 0.05) is 0 Å². The summed E-state index contributed by atoms with van der Waals surface area (Å²) in [4.78, 5) is 12.1. The van der Waals surface area contributed by atoms with Crippen molar-refractivity contribution in [2.45, 2.75) is 33.7 Å². The molecular formula is C19H23NO2. The zero-order chi connectivity index (χ0) is 16.1. The molecule has 0 saturated heterocycles. The predicted octanol–water partition coefficient (Wildman–Crippen LogP) is 3.87. The molecule has 0 fully saturated rings. The van der Waals surface area contributed by atoms with Gasteiger partial charge in [0.15, 0.2) is 6.61 Å². The molecule has 0 heterocycles. The molecule has 1 N–H and O–H groups in total. The van der Waals surface area contributed by atoms with Crippen molar-refractivity contribution in [3.8, 4) is 5.75 Å². The molecule has 1 unspecified atom stereocenters. The molecule has 0 radical (unpaired) electrons. The van der Waals surface area contributed by atoms with Crippen molar-refractivity contribution in [3.05, 3.63) is 64.7 Å². The molecule has 2 aromatic rings. The Hall–Kier alpha value is -2.29. The van der Waals surface area contributed by atoms with Gasteiger partial charge in [0.25, 0.3) is 5.91 Å². The van der Waals surface area contributed by atoms with Gasteiger partial charge in [-0.3, -0.25) is 4.79 Å². The van der Waals surface area contributed by atoms with Crippen LogP contribution in [0.5, 0.6) is 5.75 Å². The Bertz CT molecular complexity index is 664. The van der Waals surface area contributed by atoms with E-state index in [1.165, 1.54) is 5.56 Å². The van der Waals surface area contributed by atoms with Crippen molar-refractivity contribution in [3.63, 3.8) is 0 Å². The van der Waals surface area contributed by atoms with Gasteiger partial charge >= 0.3 is 0 Å². The van der Waals surface area contributed by atoms with Gasteiger partial charge in [-0.2, -0.15) is 0 Å². The Morgan fingerprint density at radius 3 is 2.55 bits per heavy atom. The highest BCUT2D eigenvalue weighted by Crippen LogP contribution is 2.19. The minimum absolute atomic E-state index is 0.0283. The van der Waals surface area contributed by atoms with E-state index >= 15 is 0 Å². The number of benzene rings is 2. The second kappa shape index (κ2) is 7.12. The molecule has 1 amide bonds. The first-order chi connectivity index (χ1) is 10.5. The molecule has 22 heavy (non-hydrogen) atoms. The molecule has 0 aromatic heterocycles. The van der Waals surface area contributed by atoms with Gasteiger partial charge in [-0.05, 0) is 56.0 Å². The normalized spacial score (nSPS) is 11.8. The molecule has 3 heteroatoms. The molecule has 3 nitrogen and oxygen atoms in total. The summed E-state index contributed by atoms with van der Waals surface area (Å²) in [6.45, 7) is 8.04. The molecule has 0 saturated carbocycles. The molecule has 0 aliphatic carbocycles. The maximum Gasteiger partial charge on any atom is 0.258 e. The summed E-state index contributed by atoms with van der Waals surface area (Å²) < 4.78 is 5.63. The molecular weight excluding hydrogens is 274 g/mol. The summed E-state index contributed by atoms with van der Waals surface area (Å²) in [7, 11) is 0. The van der Waals surface area contributed by atoms with Crippen LogP contribution in [-0.4, -0.2) is 12.5 Å². The molecule has 0 aliphatic heterocycles. The first-order valence-electron chi connectivity index (χ1n) is 7.52. The summed E-state index contributed by atoms with van der Waals surface area (Å²) in [6.07, 6.45) is 0. The quantitative estimate of drug-likeness (QED) is 0.910. The highest BCUT2D eigenvalue weighted by molar-refractivity contribution is 5.78. The van der Waals surface area contributed by atoms with E-state index in [1.54, 1.807) is 0 Å². The minimum Gasteiger partial charge on any atom is -0.483 e. The van der Waals surface area contributed by atoms with Gasteiger partial charge in [-0.1, -0.05) is 36.4 Å². The maximum absolute atomic E-state index is 12.1. The third-order valence-electron chi connectivity index (χ3n) is 3.73. The molecule has 2 aromatic carbocycles. The lowest BCUT2D eigenvalue weighted by molar-refractivity contribution is -0.123. The van der Waals surface area contributed by atoms with Crippen molar-refractivity contribution in [1.82, 2.24) is 5.32 Å². The van der Waals surface area contributed by atoms with Gasteiger partial charge in [0.05, 0.1) is 6.04 Å². The highest BCUT2D eigenvalue weighted by Gasteiger charge is 2.12. The average Bonchev–Trinajstić information content (AvgIpc) is 2.48. The van der Waals surface area contributed by atoms with Gasteiger partial charge in [-0.15, -0.1) is 0 Å². The largest absolute Gasteiger partial charge is 0.483 e. The van der Waals surface area contributed by atoms with Crippen molar-refractivity contribution in [1.29, 1.82) is 0 Å². The Balaban J connectivity index is 1.93.